The van der Waals surface area contributed by atoms with Gasteiger partial charge in [-0.2, -0.15) is 0 Å². The van der Waals surface area contributed by atoms with E-state index in [4.69, 9.17) is 15.3 Å². The largest absolute Gasteiger partial charge is 0.462 e. The summed E-state index contributed by atoms with van der Waals surface area (Å²) in [4.78, 5) is 33.5. The normalized spacial score (nSPS) is 9.55. The van der Waals surface area contributed by atoms with Gasteiger partial charge >= 0.3 is 18.2 Å². The molecule has 0 aliphatic rings. The van der Waals surface area contributed by atoms with Crippen LogP contribution in [-0.2, 0) is 14.2 Å². The van der Waals surface area contributed by atoms with E-state index in [0.717, 1.165) is 0 Å². The molecule has 1 aromatic rings. The molecule has 0 aliphatic carbocycles. The first kappa shape index (κ1) is 17.2. The highest BCUT2D eigenvalue weighted by molar-refractivity contribution is 5.91. The Labute approximate surface area is 126 Å². The second-order valence-corrected chi connectivity index (χ2v) is 3.84. The Morgan fingerprint density at radius 3 is 2.14 bits per heavy atom. The van der Waals surface area contributed by atoms with E-state index in [1.807, 2.05) is 0 Å². The predicted molar refractivity (Wildman–Crippen MR) is 76.0 cm³/mol. The van der Waals surface area contributed by atoms with Crippen LogP contribution in [0.3, 0.4) is 0 Å². The zero-order chi connectivity index (χ0) is 16.4. The second kappa shape index (κ2) is 9.19. The molecule has 0 unspecified atom stereocenters. The summed E-state index contributed by atoms with van der Waals surface area (Å²) in [5, 5.41) is 2.45. The molecule has 22 heavy (non-hydrogen) atoms. The lowest BCUT2D eigenvalue weighted by Gasteiger charge is -2.08. The lowest BCUT2D eigenvalue weighted by Crippen LogP contribution is -2.31. The maximum absolute atomic E-state index is 11.4. The van der Waals surface area contributed by atoms with Gasteiger partial charge in [0, 0.05) is 5.69 Å². The molecular weight excluding hydrogens is 294 g/mol. The van der Waals surface area contributed by atoms with E-state index < -0.39 is 18.2 Å². The average molecular weight is 311 g/mol. The molecule has 0 aromatic heterocycles. The standard InChI is InChI=1S/C13H17N3O6/c1-2-20-11(17)9-3-5-10(6-4-9)15-12(18)21-7-8-22-13(19)16-14/h3-6H,2,7-8,14H2,1H3,(H,15,18)(H,16,19). The van der Waals surface area contributed by atoms with Gasteiger partial charge in [-0.05, 0) is 31.2 Å². The first-order chi connectivity index (χ1) is 10.6. The Kier molecular flexibility index (Phi) is 7.20. The van der Waals surface area contributed by atoms with Gasteiger partial charge in [0.1, 0.15) is 13.2 Å². The molecule has 0 atom stereocenters. The Morgan fingerprint density at radius 2 is 1.59 bits per heavy atom. The van der Waals surface area contributed by atoms with Crippen molar-refractivity contribution in [2.45, 2.75) is 6.92 Å². The van der Waals surface area contributed by atoms with Crippen LogP contribution in [0.4, 0.5) is 15.3 Å². The van der Waals surface area contributed by atoms with Crippen molar-refractivity contribution in [2.75, 3.05) is 25.1 Å². The third-order valence-electron chi connectivity index (χ3n) is 2.31. The lowest BCUT2D eigenvalue weighted by molar-refractivity contribution is 0.0526. The minimum atomic E-state index is -0.821. The molecule has 9 heteroatoms. The van der Waals surface area contributed by atoms with Crippen molar-refractivity contribution in [3.8, 4) is 0 Å². The van der Waals surface area contributed by atoms with Crippen LogP contribution in [0.2, 0.25) is 0 Å². The summed E-state index contributed by atoms with van der Waals surface area (Å²) >= 11 is 0. The number of ether oxygens (including phenoxy) is 3. The highest BCUT2D eigenvalue weighted by Gasteiger charge is 2.08. The number of anilines is 1. The van der Waals surface area contributed by atoms with Crippen molar-refractivity contribution < 1.29 is 28.6 Å². The highest BCUT2D eigenvalue weighted by Crippen LogP contribution is 2.10. The first-order valence-electron chi connectivity index (χ1n) is 6.41. The number of carbonyl (C=O) groups is 3. The van der Waals surface area contributed by atoms with Gasteiger partial charge in [0.2, 0.25) is 0 Å². The summed E-state index contributed by atoms with van der Waals surface area (Å²) in [7, 11) is 0. The maximum atomic E-state index is 11.4. The average Bonchev–Trinajstić information content (AvgIpc) is 2.52. The van der Waals surface area contributed by atoms with Crippen molar-refractivity contribution >= 4 is 23.8 Å². The zero-order valence-corrected chi connectivity index (χ0v) is 12.0. The molecule has 0 bridgehead atoms. The van der Waals surface area contributed by atoms with Crippen molar-refractivity contribution in [2.24, 2.45) is 5.84 Å². The van der Waals surface area contributed by atoms with Crippen molar-refractivity contribution in [1.82, 2.24) is 5.43 Å². The van der Waals surface area contributed by atoms with Crippen LogP contribution < -0.4 is 16.6 Å². The Bertz CT molecular complexity index is 517. The topological polar surface area (TPSA) is 129 Å². The zero-order valence-electron chi connectivity index (χ0n) is 12.0. The number of nitrogens with one attached hydrogen (secondary N) is 2. The molecule has 0 heterocycles. The van der Waals surface area contributed by atoms with Crippen LogP contribution >= 0.6 is 0 Å². The fourth-order valence-electron chi connectivity index (χ4n) is 1.37. The number of hydrazine groups is 1. The number of rotatable bonds is 6. The third kappa shape index (κ3) is 6.09. The molecule has 4 N–H and O–H groups in total. The van der Waals surface area contributed by atoms with E-state index >= 15 is 0 Å². The van der Waals surface area contributed by atoms with Crippen molar-refractivity contribution in [1.29, 1.82) is 0 Å². The van der Waals surface area contributed by atoms with Crippen LogP contribution in [0.25, 0.3) is 0 Å². The number of benzene rings is 1. The van der Waals surface area contributed by atoms with Gasteiger partial charge in [-0.15, -0.1) is 0 Å². The number of esters is 1. The third-order valence-corrected chi connectivity index (χ3v) is 2.31. The van der Waals surface area contributed by atoms with E-state index in [1.165, 1.54) is 24.3 Å². The van der Waals surface area contributed by atoms with Crippen LogP contribution in [-0.4, -0.2) is 38.0 Å². The lowest BCUT2D eigenvalue weighted by atomic mass is 10.2. The van der Waals surface area contributed by atoms with Gasteiger partial charge < -0.3 is 14.2 Å². The van der Waals surface area contributed by atoms with Crippen molar-refractivity contribution in [3.63, 3.8) is 0 Å². The summed E-state index contributed by atoms with van der Waals surface area (Å²) < 4.78 is 14.1. The molecule has 0 spiro atoms. The Morgan fingerprint density at radius 1 is 1.00 bits per heavy atom. The van der Waals surface area contributed by atoms with Gasteiger partial charge in [0.15, 0.2) is 0 Å². The summed E-state index contributed by atoms with van der Waals surface area (Å²) in [6.45, 7) is 1.75. The van der Waals surface area contributed by atoms with Crippen LogP contribution in [0.5, 0.6) is 0 Å². The van der Waals surface area contributed by atoms with Gasteiger partial charge in [-0.1, -0.05) is 0 Å². The molecule has 0 saturated heterocycles. The highest BCUT2D eigenvalue weighted by atomic mass is 16.6. The minimum absolute atomic E-state index is 0.125. The van der Waals surface area contributed by atoms with E-state index in [9.17, 15) is 14.4 Å². The number of amides is 2. The predicted octanol–water partition coefficient (Wildman–Crippen LogP) is 1.01. The smallest absolute Gasteiger partial charge is 0.421 e. The monoisotopic (exact) mass is 311 g/mol. The molecule has 9 nitrogen and oxygen atoms in total. The molecular formula is C13H17N3O6. The fourth-order valence-corrected chi connectivity index (χ4v) is 1.37. The molecule has 1 rings (SSSR count). The Balaban J connectivity index is 2.35. The summed E-state index contributed by atoms with van der Waals surface area (Å²) in [5.74, 6) is 4.35. The van der Waals surface area contributed by atoms with E-state index in [1.54, 1.807) is 12.3 Å². The fraction of sp³-hybridized carbons (Fsp3) is 0.308. The Hall–Kier alpha value is -2.81. The SMILES string of the molecule is CCOC(=O)c1ccc(NC(=O)OCCOC(=O)NN)cc1. The van der Waals surface area contributed by atoms with Gasteiger partial charge in [-0.25, -0.2) is 20.2 Å². The first-order valence-corrected chi connectivity index (χ1v) is 6.41. The summed E-state index contributed by atoms with van der Waals surface area (Å²) in [6, 6.07) is 6.10. The minimum Gasteiger partial charge on any atom is -0.462 e. The number of hydrogen-bond donors (Lipinski definition) is 3. The van der Waals surface area contributed by atoms with Crippen LogP contribution in [0.1, 0.15) is 17.3 Å². The molecule has 1 aromatic carbocycles. The van der Waals surface area contributed by atoms with Gasteiger partial charge in [0.05, 0.1) is 12.2 Å². The quantitative estimate of drug-likeness (QED) is 0.178. The number of hydrogen-bond acceptors (Lipinski definition) is 7. The maximum Gasteiger partial charge on any atom is 0.421 e. The summed E-state index contributed by atoms with van der Waals surface area (Å²) in [6.07, 6.45) is -1.54. The van der Waals surface area contributed by atoms with E-state index in [2.05, 4.69) is 10.1 Å². The summed E-state index contributed by atoms with van der Waals surface area (Å²) in [5.41, 5.74) is 2.58. The van der Waals surface area contributed by atoms with E-state index in [-0.39, 0.29) is 19.8 Å². The second-order valence-electron chi connectivity index (χ2n) is 3.84. The van der Waals surface area contributed by atoms with E-state index in [0.29, 0.717) is 11.3 Å². The van der Waals surface area contributed by atoms with Crippen LogP contribution in [0, 0.1) is 0 Å². The molecule has 2 amide bonds. The molecule has 0 saturated carbocycles. The van der Waals surface area contributed by atoms with Crippen molar-refractivity contribution in [3.05, 3.63) is 29.8 Å². The number of nitrogens with two attached hydrogens (primary N) is 1. The van der Waals surface area contributed by atoms with Gasteiger partial charge in [-0.3, -0.25) is 10.7 Å². The van der Waals surface area contributed by atoms with Crippen LogP contribution in [0.15, 0.2) is 24.3 Å². The molecule has 0 fully saturated rings. The van der Waals surface area contributed by atoms with Gasteiger partial charge in [0.25, 0.3) is 0 Å². The molecule has 0 radical (unpaired) electrons. The molecule has 120 valence electrons. The molecule has 0 aliphatic heterocycles. The number of carbonyl (C=O) groups excluding carboxylic acids is 3.